The molecular formula is C26H39ClF3N3O2. The van der Waals surface area contributed by atoms with Gasteiger partial charge in [0.1, 0.15) is 0 Å². The van der Waals surface area contributed by atoms with E-state index < -0.39 is 30.5 Å². The van der Waals surface area contributed by atoms with E-state index in [-0.39, 0.29) is 18.6 Å². The van der Waals surface area contributed by atoms with Crippen LogP contribution in [0.5, 0.6) is 0 Å². The minimum Gasteiger partial charge on any atom is -0.385 e. The van der Waals surface area contributed by atoms with Crippen LogP contribution in [-0.4, -0.2) is 54.9 Å². The zero-order valence-electron chi connectivity index (χ0n) is 20.5. The van der Waals surface area contributed by atoms with Crippen molar-refractivity contribution in [3.8, 4) is 0 Å². The summed E-state index contributed by atoms with van der Waals surface area (Å²) in [6.07, 6.45) is 2.22. The van der Waals surface area contributed by atoms with Gasteiger partial charge in [0, 0.05) is 43.0 Å². The Hall–Kier alpha value is -1.51. The second-order valence-electron chi connectivity index (χ2n) is 10.3. The molecule has 1 saturated heterocycles. The normalized spacial score (nSPS) is 22.5. The highest BCUT2D eigenvalue weighted by Crippen LogP contribution is 2.42. The summed E-state index contributed by atoms with van der Waals surface area (Å²) in [4.78, 5) is 14.9. The summed E-state index contributed by atoms with van der Waals surface area (Å²) in [5.74, 6) is 0.0794. The van der Waals surface area contributed by atoms with Crippen molar-refractivity contribution in [3.05, 3.63) is 34.9 Å². The minimum atomic E-state index is -4.39. The van der Waals surface area contributed by atoms with Gasteiger partial charge in [0.15, 0.2) is 0 Å². The number of hydrogen-bond acceptors (Lipinski definition) is 3. The molecule has 198 valence electrons. The van der Waals surface area contributed by atoms with Crippen LogP contribution in [-0.2, 0) is 5.60 Å². The molecule has 1 aliphatic carbocycles. The fourth-order valence-corrected chi connectivity index (χ4v) is 5.95. The summed E-state index contributed by atoms with van der Waals surface area (Å²) < 4.78 is 39.4. The summed E-state index contributed by atoms with van der Waals surface area (Å²) in [5, 5.41) is 18.3. The molecule has 1 aliphatic heterocycles. The fourth-order valence-electron chi connectivity index (χ4n) is 5.76. The van der Waals surface area contributed by atoms with Crippen LogP contribution in [0.4, 0.5) is 18.0 Å². The molecule has 1 heterocycles. The number of urea groups is 1. The number of benzene rings is 1. The van der Waals surface area contributed by atoms with Crippen LogP contribution in [0, 0.1) is 11.8 Å². The number of likely N-dealkylation sites (N-methyl/N-ethyl adjacent to an activating group) is 1. The molecule has 5 nitrogen and oxygen atoms in total. The molecule has 2 aliphatic rings. The van der Waals surface area contributed by atoms with Crippen molar-refractivity contribution in [1.29, 1.82) is 0 Å². The zero-order chi connectivity index (χ0) is 25.5. The lowest BCUT2D eigenvalue weighted by molar-refractivity contribution is -0.155. The van der Waals surface area contributed by atoms with E-state index in [0.29, 0.717) is 42.4 Å². The Labute approximate surface area is 211 Å². The maximum atomic E-state index is 13.2. The Morgan fingerprint density at radius 1 is 1.17 bits per heavy atom. The highest BCUT2D eigenvalue weighted by molar-refractivity contribution is 6.30. The van der Waals surface area contributed by atoms with Crippen LogP contribution in [0.3, 0.4) is 0 Å². The predicted octanol–water partition coefficient (Wildman–Crippen LogP) is 5.85. The number of nitrogens with one attached hydrogen (secondary N) is 2. The van der Waals surface area contributed by atoms with Crippen molar-refractivity contribution < 1.29 is 23.1 Å². The van der Waals surface area contributed by atoms with E-state index in [1.165, 1.54) is 38.2 Å². The molecule has 3 rings (SSSR count). The average molecular weight is 518 g/mol. The van der Waals surface area contributed by atoms with Crippen LogP contribution in [0.2, 0.25) is 5.02 Å². The fraction of sp³-hybridized carbons (Fsp3) is 0.731. The van der Waals surface area contributed by atoms with Crippen molar-refractivity contribution in [2.24, 2.45) is 11.8 Å². The molecule has 2 amide bonds. The Bertz CT molecular complexity index is 819. The lowest BCUT2D eigenvalue weighted by atomic mass is 9.74. The van der Waals surface area contributed by atoms with Gasteiger partial charge >= 0.3 is 12.2 Å². The molecule has 1 saturated carbocycles. The van der Waals surface area contributed by atoms with E-state index in [0.717, 1.165) is 6.42 Å². The molecule has 1 unspecified atom stereocenters. The van der Waals surface area contributed by atoms with Gasteiger partial charge in [-0.1, -0.05) is 55.8 Å². The van der Waals surface area contributed by atoms with Gasteiger partial charge in [0.25, 0.3) is 0 Å². The third kappa shape index (κ3) is 8.25. The number of halogens is 4. The van der Waals surface area contributed by atoms with E-state index in [9.17, 15) is 23.1 Å². The summed E-state index contributed by atoms with van der Waals surface area (Å²) in [7, 11) is 1.86. The summed E-state index contributed by atoms with van der Waals surface area (Å²) >= 11 is 6.11. The van der Waals surface area contributed by atoms with Gasteiger partial charge in [-0.15, -0.1) is 0 Å². The van der Waals surface area contributed by atoms with E-state index >= 15 is 0 Å². The molecule has 0 aromatic heterocycles. The van der Waals surface area contributed by atoms with Gasteiger partial charge in [0.05, 0.1) is 5.60 Å². The van der Waals surface area contributed by atoms with Gasteiger partial charge in [-0.05, 0) is 56.3 Å². The molecule has 0 radical (unpaired) electrons. The quantitative estimate of drug-likeness (QED) is 0.385. The lowest BCUT2D eigenvalue weighted by Gasteiger charge is -2.43. The first kappa shape index (κ1) is 28.1. The van der Waals surface area contributed by atoms with Crippen molar-refractivity contribution in [2.45, 2.75) is 82.0 Å². The molecule has 1 aromatic rings. The number of alkyl halides is 3. The molecule has 3 N–H and O–H groups in total. The highest BCUT2D eigenvalue weighted by atomic mass is 35.5. The monoisotopic (exact) mass is 517 g/mol. The zero-order valence-corrected chi connectivity index (χ0v) is 21.3. The molecule has 0 bridgehead atoms. The number of aliphatic hydroxyl groups is 1. The molecule has 0 spiro atoms. The van der Waals surface area contributed by atoms with E-state index in [1.807, 2.05) is 7.05 Å². The second kappa shape index (κ2) is 12.6. The van der Waals surface area contributed by atoms with Gasteiger partial charge < -0.3 is 20.6 Å². The van der Waals surface area contributed by atoms with Crippen LogP contribution >= 0.6 is 11.6 Å². The van der Waals surface area contributed by atoms with Crippen molar-refractivity contribution in [3.63, 3.8) is 0 Å². The van der Waals surface area contributed by atoms with Crippen molar-refractivity contribution in [2.75, 3.05) is 26.7 Å². The Kier molecular flexibility index (Phi) is 10.1. The van der Waals surface area contributed by atoms with Crippen LogP contribution in [0.25, 0.3) is 0 Å². The van der Waals surface area contributed by atoms with Crippen LogP contribution in [0.1, 0.15) is 69.8 Å². The number of hydrogen-bond donors (Lipinski definition) is 3. The highest BCUT2D eigenvalue weighted by Gasteiger charge is 2.44. The summed E-state index contributed by atoms with van der Waals surface area (Å²) in [6.45, 7) is 1.38. The smallest absolute Gasteiger partial charge is 0.385 e. The number of nitrogens with zero attached hydrogens (tertiary/aromatic N) is 1. The number of carbonyl (C=O) groups excluding carboxylic acids is 1. The first-order valence-corrected chi connectivity index (χ1v) is 13.2. The molecule has 9 heteroatoms. The minimum absolute atomic E-state index is 0.00646. The largest absolute Gasteiger partial charge is 0.389 e. The Morgan fingerprint density at radius 2 is 1.91 bits per heavy atom. The molecule has 1 aromatic carbocycles. The van der Waals surface area contributed by atoms with Crippen molar-refractivity contribution in [1.82, 2.24) is 15.5 Å². The third-order valence-corrected chi connectivity index (χ3v) is 7.85. The van der Waals surface area contributed by atoms with Gasteiger partial charge in [-0.25, -0.2) is 4.79 Å². The number of piperidine rings is 1. The van der Waals surface area contributed by atoms with E-state index in [4.69, 9.17) is 11.6 Å². The average Bonchev–Trinajstić information content (AvgIpc) is 2.83. The van der Waals surface area contributed by atoms with Crippen LogP contribution < -0.4 is 10.6 Å². The summed E-state index contributed by atoms with van der Waals surface area (Å²) in [5.41, 5.74) is -1.36. The maximum absolute atomic E-state index is 13.2. The lowest BCUT2D eigenvalue weighted by Crippen LogP contribution is -2.54. The molecule has 2 fully saturated rings. The van der Waals surface area contributed by atoms with E-state index in [1.54, 1.807) is 23.1 Å². The molecular weight excluding hydrogens is 479 g/mol. The van der Waals surface area contributed by atoms with Gasteiger partial charge in [-0.2, -0.15) is 13.2 Å². The topological polar surface area (TPSA) is 64.6 Å². The Balaban J connectivity index is 1.71. The number of carbonyl (C=O) groups is 1. The number of likely N-dealkylation sites (tertiary alicyclic amines) is 1. The molecule has 3 atom stereocenters. The standard InChI is InChI=1S/C26H39ClF3N3O2/c1-31-17-23(15-19-7-3-2-4-8-19)32-24(34)33-14-6-10-21(18-33)25(35,12-13-26(28,29)30)20-9-5-11-22(27)16-20/h5,9,11,16,19,21,23,31,35H,2-4,6-8,10,12-15,17-18H2,1H3,(H,32,34)/t21-,23?,25-/m1/s1. The maximum Gasteiger partial charge on any atom is 0.389 e. The second-order valence-corrected chi connectivity index (χ2v) is 10.7. The van der Waals surface area contributed by atoms with E-state index in [2.05, 4.69) is 10.6 Å². The first-order chi connectivity index (χ1) is 16.6. The predicted molar refractivity (Wildman–Crippen MR) is 132 cm³/mol. The first-order valence-electron chi connectivity index (χ1n) is 12.9. The summed E-state index contributed by atoms with van der Waals surface area (Å²) in [6, 6.07) is 6.20. The Morgan fingerprint density at radius 3 is 2.57 bits per heavy atom. The number of rotatable bonds is 9. The van der Waals surface area contributed by atoms with Crippen LogP contribution in [0.15, 0.2) is 24.3 Å². The van der Waals surface area contributed by atoms with Gasteiger partial charge in [0.2, 0.25) is 0 Å². The van der Waals surface area contributed by atoms with Crippen molar-refractivity contribution >= 4 is 17.6 Å². The van der Waals surface area contributed by atoms with Gasteiger partial charge in [-0.3, -0.25) is 0 Å². The SMILES string of the molecule is CNCC(CC1CCCCC1)NC(=O)N1CCC[C@@H]([C@@](O)(CCC(F)(F)F)c2cccc(Cl)c2)C1. The molecule has 35 heavy (non-hydrogen) atoms. The number of amides is 2. The third-order valence-electron chi connectivity index (χ3n) is 7.62.